The summed E-state index contributed by atoms with van der Waals surface area (Å²) in [6.07, 6.45) is 1.95. The van der Waals surface area contributed by atoms with Gasteiger partial charge in [-0.2, -0.15) is 0 Å². The Morgan fingerprint density at radius 1 is 1.53 bits per heavy atom. The molecule has 0 atom stereocenters. The van der Waals surface area contributed by atoms with Crippen molar-refractivity contribution in [2.24, 2.45) is 0 Å². The fourth-order valence-corrected chi connectivity index (χ4v) is 2.99. The van der Waals surface area contributed by atoms with Gasteiger partial charge in [0, 0.05) is 16.1 Å². The van der Waals surface area contributed by atoms with Crippen LogP contribution in [0.1, 0.15) is 10.4 Å². The molecule has 2 rings (SSSR count). The Morgan fingerprint density at radius 3 is 2.93 bits per heavy atom. The quantitative estimate of drug-likeness (QED) is 0.561. The van der Waals surface area contributed by atoms with E-state index in [-0.39, 0.29) is 5.97 Å². The molecule has 0 saturated heterocycles. The van der Waals surface area contributed by atoms with E-state index in [1.54, 1.807) is 6.07 Å². The molecule has 1 aromatic carbocycles. The van der Waals surface area contributed by atoms with Gasteiger partial charge in [0.05, 0.1) is 41.1 Å². The smallest absolute Gasteiger partial charge is 0.337 e. The van der Waals surface area contributed by atoms with Crippen molar-refractivity contribution in [1.82, 2.24) is 2.78 Å². The topological polar surface area (TPSA) is 31.2 Å². The second-order valence-electron chi connectivity index (χ2n) is 3.01. The summed E-state index contributed by atoms with van der Waals surface area (Å²) in [4.78, 5) is 11.3. The number of esters is 1. The Balaban J connectivity index is 2.65. The Hall–Kier alpha value is -0.560. The van der Waals surface area contributed by atoms with Crippen LogP contribution in [-0.2, 0) is 4.74 Å². The van der Waals surface area contributed by atoms with E-state index < -0.39 is 0 Å². The number of benzene rings is 1. The van der Waals surface area contributed by atoms with Crippen molar-refractivity contribution in [3.05, 3.63) is 34.4 Å². The van der Waals surface area contributed by atoms with Crippen molar-refractivity contribution in [2.45, 2.75) is 0 Å². The molecule has 2 aromatic rings. The van der Waals surface area contributed by atoms with Gasteiger partial charge in [-0.15, -0.1) is 0 Å². The van der Waals surface area contributed by atoms with Crippen molar-refractivity contribution in [1.29, 1.82) is 0 Å². The van der Waals surface area contributed by atoms with Gasteiger partial charge in [-0.1, -0.05) is 6.07 Å². The number of rotatable bonds is 1. The van der Waals surface area contributed by atoms with Gasteiger partial charge in [-0.05, 0) is 28.1 Å². The summed E-state index contributed by atoms with van der Waals surface area (Å²) >= 11 is 5.62. The van der Waals surface area contributed by atoms with Gasteiger partial charge in [0.1, 0.15) is 0 Å². The number of hydrogen-bond acceptors (Lipinski definition) is 2. The normalized spacial score (nSPS) is 10.6. The summed E-state index contributed by atoms with van der Waals surface area (Å²) < 4.78 is 7.62. The fourth-order valence-electron chi connectivity index (χ4n) is 1.39. The predicted molar refractivity (Wildman–Crippen MR) is 70.4 cm³/mol. The highest BCUT2D eigenvalue weighted by atomic mass is 127. The SMILES string of the molecule is COC(=O)c1ccc2c(Br)cn(I)c2c1. The van der Waals surface area contributed by atoms with Crippen LogP contribution in [0.25, 0.3) is 10.9 Å². The van der Waals surface area contributed by atoms with Gasteiger partial charge in [-0.3, -0.25) is 2.78 Å². The molecule has 0 bridgehead atoms. The zero-order chi connectivity index (χ0) is 11.0. The fraction of sp³-hybridized carbons (Fsp3) is 0.100. The summed E-state index contributed by atoms with van der Waals surface area (Å²) in [5.41, 5.74) is 1.55. The molecule has 0 spiro atoms. The number of fused-ring (bicyclic) bond motifs is 1. The summed E-state index contributed by atoms with van der Waals surface area (Å²) in [5, 5.41) is 1.08. The monoisotopic (exact) mass is 379 g/mol. The van der Waals surface area contributed by atoms with E-state index in [4.69, 9.17) is 0 Å². The van der Waals surface area contributed by atoms with Crippen LogP contribution in [0.2, 0.25) is 0 Å². The third-order valence-electron chi connectivity index (χ3n) is 2.13. The van der Waals surface area contributed by atoms with Gasteiger partial charge in [0.25, 0.3) is 0 Å². The number of carbonyl (C=O) groups is 1. The van der Waals surface area contributed by atoms with Crippen LogP contribution >= 0.6 is 38.8 Å². The lowest BCUT2D eigenvalue weighted by Crippen LogP contribution is -2.00. The van der Waals surface area contributed by atoms with E-state index in [0.29, 0.717) is 5.56 Å². The molecule has 0 fully saturated rings. The van der Waals surface area contributed by atoms with Gasteiger partial charge < -0.3 is 4.74 Å². The van der Waals surface area contributed by atoms with Crippen LogP contribution in [0.3, 0.4) is 0 Å². The van der Waals surface area contributed by atoms with Crippen LogP contribution in [0.15, 0.2) is 28.9 Å². The van der Waals surface area contributed by atoms with Gasteiger partial charge in [0.15, 0.2) is 0 Å². The molecule has 3 nitrogen and oxygen atoms in total. The number of aromatic nitrogens is 1. The molecule has 0 aliphatic heterocycles. The zero-order valence-electron chi connectivity index (χ0n) is 7.83. The number of halogens is 2. The summed E-state index contributed by atoms with van der Waals surface area (Å²) in [6.45, 7) is 0. The second-order valence-corrected chi connectivity index (χ2v) is 4.91. The molecule has 0 saturated carbocycles. The lowest BCUT2D eigenvalue weighted by Gasteiger charge is -2.00. The summed E-state index contributed by atoms with van der Waals surface area (Å²) in [5.74, 6) is -0.314. The van der Waals surface area contributed by atoms with E-state index in [0.717, 1.165) is 15.4 Å². The Morgan fingerprint density at radius 2 is 2.27 bits per heavy atom. The molecule has 15 heavy (non-hydrogen) atoms. The highest BCUT2D eigenvalue weighted by Crippen LogP contribution is 2.28. The number of methoxy groups -OCH3 is 1. The maximum absolute atomic E-state index is 11.3. The Bertz CT molecular complexity index is 535. The van der Waals surface area contributed by atoms with Crippen molar-refractivity contribution >= 4 is 55.7 Å². The Kier molecular flexibility index (Phi) is 3.01. The van der Waals surface area contributed by atoms with Crippen LogP contribution in [0, 0.1) is 0 Å². The third-order valence-corrected chi connectivity index (χ3v) is 3.56. The standard InChI is InChI=1S/C10H7BrINO2/c1-15-10(14)6-2-3-7-8(11)5-13(12)9(7)4-6/h2-5H,1H3. The van der Waals surface area contributed by atoms with Crippen LogP contribution in [-0.4, -0.2) is 15.9 Å². The van der Waals surface area contributed by atoms with Gasteiger partial charge >= 0.3 is 5.97 Å². The molecule has 1 heterocycles. The summed E-state index contributed by atoms with van der Waals surface area (Å²) in [7, 11) is 1.38. The minimum atomic E-state index is -0.314. The van der Waals surface area contributed by atoms with Crippen molar-refractivity contribution in [2.75, 3.05) is 7.11 Å². The first-order chi connectivity index (χ1) is 7.13. The van der Waals surface area contributed by atoms with Crippen LogP contribution in [0.4, 0.5) is 0 Å². The first-order valence-electron chi connectivity index (χ1n) is 4.18. The van der Waals surface area contributed by atoms with Crippen LogP contribution in [0.5, 0.6) is 0 Å². The maximum Gasteiger partial charge on any atom is 0.337 e. The molecular weight excluding hydrogens is 373 g/mol. The lowest BCUT2D eigenvalue weighted by atomic mass is 10.2. The minimum absolute atomic E-state index is 0.314. The molecule has 0 aliphatic carbocycles. The first kappa shape index (κ1) is 10.9. The second kappa shape index (κ2) is 4.13. The lowest BCUT2D eigenvalue weighted by molar-refractivity contribution is 0.0601. The van der Waals surface area contributed by atoms with E-state index in [1.165, 1.54) is 7.11 Å². The molecule has 78 valence electrons. The average molecular weight is 380 g/mol. The Labute approximate surface area is 109 Å². The van der Waals surface area contributed by atoms with Crippen molar-refractivity contribution < 1.29 is 9.53 Å². The molecule has 1 aromatic heterocycles. The molecule has 0 unspecified atom stereocenters. The molecular formula is C10H7BrINO2. The maximum atomic E-state index is 11.3. The van der Waals surface area contributed by atoms with Gasteiger partial charge in [0.2, 0.25) is 0 Å². The number of hydrogen-bond donors (Lipinski definition) is 0. The third kappa shape index (κ3) is 1.90. The number of ether oxygens (including phenoxy) is 1. The highest BCUT2D eigenvalue weighted by molar-refractivity contribution is 14.1. The molecule has 0 N–H and O–H groups in total. The van der Waals surface area contributed by atoms with E-state index >= 15 is 0 Å². The summed E-state index contributed by atoms with van der Waals surface area (Å²) in [6, 6.07) is 5.48. The van der Waals surface area contributed by atoms with E-state index in [9.17, 15) is 4.79 Å². The average Bonchev–Trinajstić information content (AvgIpc) is 2.53. The number of carbonyl (C=O) groups excluding carboxylic acids is 1. The zero-order valence-corrected chi connectivity index (χ0v) is 11.6. The van der Waals surface area contributed by atoms with Crippen LogP contribution < -0.4 is 0 Å². The molecule has 0 amide bonds. The van der Waals surface area contributed by atoms with E-state index in [2.05, 4.69) is 43.5 Å². The van der Waals surface area contributed by atoms with E-state index in [1.807, 2.05) is 21.1 Å². The molecule has 5 heteroatoms. The predicted octanol–water partition coefficient (Wildman–Crippen LogP) is 3.39. The molecule has 0 aliphatic rings. The number of nitrogens with zero attached hydrogens (tertiary/aromatic N) is 1. The van der Waals surface area contributed by atoms with Gasteiger partial charge in [-0.25, -0.2) is 4.79 Å². The first-order valence-corrected chi connectivity index (χ1v) is 5.94. The highest BCUT2D eigenvalue weighted by Gasteiger charge is 2.10. The molecule has 0 radical (unpaired) electrons. The van der Waals surface area contributed by atoms with Crippen molar-refractivity contribution in [3.8, 4) is 0 Å². The van der Waals surface area contributed by atoms with Crippen molar-refractivity contribution in [3.63, 3.8) is 0 Å². The minimum Gasteiger partial charge on any atom is -0.465 e. The largest absolute Gasteiger partial charge is 0.465 e.